The quantitative estimate of drug-likeness (QED) is 0.375. The second-order valence-electron chi connectivity index (χ2n) is 6.13. The molecule has 0 spiro atoms. The monoisotopic (exact) mass is 446 g/mol. The van der Waals surface area contributed by atoms with E-state index in [4.69, 9.17) is 5.26 Å². The van der Waals surface area contributed by atoms with Gasteiger partial charge in [-0.25, -0.2) is 9.38 Å². The second-order valence-corrected chi connectivity index (χ2v) is 6.13. The molecule has 0 saturated heterocycles. The number of hydrogen-bond acceptors (Lipinski definition) is 2. The highest BCUT2D eigenvalue weighted by atomic mass is 127. The first-order valence-electron chi connectivity index (χ1n) is 8.19. The van der Waals surface area contributed by atoms with Gasteiger partial charge in [0.05, 0.1) is 18.2 Å². The zero-order chi connectivity index (χ0) is 17.2. The third-order valence-corrected chi connectivity index (χ3v) is 3.49. The van der Waals surface area contributed by atoms with Gasteiger partial charge in [-0.1, -0.05) is 13.8 Å². The minimum absolute atomic E-state index is 0. The fourth-order valence-corrected chi connectivity index (χ4v) is 2.14. The van der Waals surface area contributed by atoms with Crippen molar-refractivity contribution in [3.05, 3.63) is 35.1 Å². The average Bonchev–Trinajstić information content (AvgIpc) is 2.52. The molecule has 1 aromatic rings. The number of nitrogens with one attached hydrogen (secondary N) is 2. The highest BCUT2D eigenvalue weighted by molar-refractivity contribution is 14.0. The molecule has 4 nitrogen and oxygen atoms in total. The summed E-state index contributed by atoms with van der Waals surface area (Å²) in [5.74, 6) is 1.00. The number of hydrogen-bond donors (Lipinski definition) is 2. The van der Waals surface area contributed by atoms with Gasteiger partial charge in [0.1, 0.15) is 5.82 Å². The van der Waals surface area contributed by atoms with Crippen molar-refractivity contribution < 1.29 is 4.39 Å². The molecule has 0 aliphatic carbocycles. The Hall–Kier alpha value is -1.36. The molecule has 0 saturated carbocycles. The first kappa shape index (κ1) is 22.6. The number of halogens is 2. The molecule has 0 aliphatic heterocycles. The van der Waals surface area contributed by atoms with Crippen LogP contribution in [0.1, 0.15) is 51.7 Å². The van der Waals surface area contributed by atoms with Gasteiger partial charge < -0.3 is 10.6 Å². The number of guanidine groups is 1. The zero-order valence-corrected chi connectivity index (χ0v) is 17.2. The Balaban J connectivity index is 0.00000529. The third-order valence-electron chi connectivity index (χ3n) is 3.49. The van der Waals surface area contributed by atoms with Crippen LogP contribution in [0.3, 0.4) is 0 Å². The van der Waals surface area contributed by atoms with Crippen LogP contribution >= 0.6 is 24.0 Å². The smallest absolute Gasteiger partial charge is 0.191 e. The van der Waals surface area contributed by atoms with Gasteiger partial charge in [0.2, 0.25) is 0 Å². The van der Waals surface area contributed by atoms with E-state index in [2.05, 4.69) is 36.4 Å². The zero-order valence-electron chi connectivity index (χ0n) is 14.9. The summed E-state index contributed by atoms with van der Waals surface area (Å²) in [6.45, 7) is 9.46. The van der Waals surface area contributed by atoms with Crippen molar-refractivity contribution in [1.82, 2.24) is 10.6 Å². The summed E-state index contributed by atoms with van der Waals surface area (Å²) >= 11 is 0. The molecule has 0 amide bonds. The number of aliphatic imine (C=N–C) groups is 1. The van der Waals surface area contributed by atoms with Crippen LogP contribution in [0.4, 0.5) is 4.39 Å². The first-order valence-corrected chi connectivity index (χ1v) is 8.19. The van der Waals surface area contributed by atoms with Crippen LogP contribution in [0.2, 0.25) is 0 Å². The Morgan fingerprint density at radius 3 is 2.58 bits per heavy atom. The summed E-state index contributed by atoms with van der Waals surface area (Å²) in [6, 6.07) is 6.65. The predicted octanol–water partition coefficient (Wildman–Crippen LogP) is 4.20. The Kier molecular flexibility index (Phi) is 11.4. The Morgan fingerprint density at radius 1 is 1.29 bits per heavy atom. The van der Waals surface area contributed by atoms with Crippen molar-refractivity contribution in [2.45, 2.75) is 53.1 Å². The van der Waals surface area contributed by atoms with Crippen LogP contribution in [0.15, 0.2) is 23.2 Å². The van der Waals surface area contributed by atoms with Gasteiger partial charge in [-0.15, -0.1) is 24.0 Å². The maximum atomic E-state index is 13.8. The van der Waals surface area contributed by atoms with Crippen LogP contribution < -0.4 is 10.6 Å². The summed E-state index contributed by atoms with van der Waals surface area (Å²) in [6.07, 6.45) is 2.20. The molecule has 1 aromatic carbocycles. The molecule has 2 N–H and O–H groups in total. The van der Waals surface area contributed by atoms with Crippen molar-refractivity contribution in [2.24, 2.45) is 10.9 Å². The maximum absolute atomic E-state index is 13.8. The lowest BCUT2D eigenvalue weighted by molar-refractivity contribution is 0.489. The van der Waals surface area contributed by atoms with E-state index in [-0.39, 0.29) is 36.3 Å². The number of rotatable bonds is 7. The summed E-state index contributed by atoms with van der Waals surface area (Å²) < 4.78 is 13.8. The highest BCUT2D eigenvalue weighted by Gasteiger charge is 2.08. The topological polar surface area (TPSA) is 60.2 Å². The van der Waals surface area contributed by atoms with E-state index in [9.17, 15) is 4.39 Å². The molecule has 0 fully saturated rings. The van der Waals surface area contributed by atoms with E-state index in [1.165, 1.54) is 12.1 Å². The normalized spacial score (nSPS) is 12.3. The maximum Gasteiger partial charge on any atom is 0.191 e. The molecular weight excluding hydrogens is 418 g/mol. The standard InChI is InChI=1S/C18H27FN4.HI/c1-5-21-18(23-14(4)7-6-13(2)3)22-12-16-10-15(11-20)8-9-17(16)19;/h8-10,13-14H,5-7,12H2,1-4H3,(H2,21,22,23);1H. The van der Waals surface area contributed by atoms with Gasteiger partial charge in [0.25, 0.3) is 0 Å². The Labute approximate surface area is 162 Å². The SMILES string of the molecule is CCNC(=NCc1cc(C#N)ccc1F)NC(C)CCC(C)C.I. The van der Waals surface area contributed by atoms with Crippen molar-refractivity contribution in [3.8, 4) is 6.07 Å². The number of nitrogens with zero attached hydrogens (tertiary/aromatic N) is 2. The molecule has 0 bridgehead atoms. The molecule has 1 rings (SSSR count). The molecule has 0 aromatic heterocycles. The molecule has 0 radical (unpaired) electrons. The van der Waals surface area contributed by atoms with E-state index in [0.29, 0.717) is 29.0 Å². The third kappa shape index (κ3) is 8.48. The Bertz CT molecular complexity index is 567. The molecule has 1 unspecified atom stereocenters. The minimum atomic E-state index is -0.337. The fourth-order valence-electron chi connectivity index (χ4n) is 2.14. The van der Waals surface area contributed by atoms with Crippen molar-refractivity contribution in [2.75, 3.05) is 6.54 Å². The lowest BCUT2D eigenvalue weighted by Crippen LogP contribution is -2.42. The largest absolute Gasteiger partial charge is 0.357 e. The van der Waals surface area contributed by atoms with Crippen LogP contribution in [-0.2, 0) is 6.54 Å². The number of nitriles is 1. The van der Waals surface area contributed by atoms with Gasteiger partial charge in [0, 0.05) is 18.2 Å². The van der Waals surface area contributed by atoms with E-state index in [1.807, 2.05) is 13.0 Å². The molecule has 0 heterocycles. The number of benzene rings is 1. The molecular formula is C18H28FIN4. The summed E-state index contributed by atoms with van der Waals surface area (Å²) in [4.78, 5) is 4.43. The van der Waals surface area contributed by atoms with Crippen LogP contribution in [-0.4, -0.2) is 18.5 Å². The first-order chi connectivity index (χ1) is 11.0. The highest BCUT2D eigenvalue weighted by Crippen LogP contribution is 2.11. The second kappa shape index (κ2) is 12.1. The van der Waals surface area contributed by atoms with Gasteiger partial charge in [-0.2, -0.15) is 5.26 Å². The minimum Gasteiger partial charge on any atom is -0.357 e. The van der Waals surface area contributed by atoms with E-state index < -0.39 is 0 Å². The van der Waals surface area contributed by atoms with Gasteiger partial charge in [-0.3, -0.25) is 0 Å². The van der Waals surface area contributed by atoms with Crippen molar-refractivity contribution in [1.29, 1.82) is 5.26 Å². The van der Waals surface area contributed by atoms with E-state index >= 15 is 0 Å². The van der Waals surface area contributed by atoms with Crippen LogP contribution in [0.5, 0.6) is 0 Å². The van der Waals surface area contributed by atoms with Gasteiger partial charge in [0.15, 0.2) is 5.96 Å². The lowest BCUT2D eigenvalue weighted by Gasteiger charge is -2.18. The van der Waals surface area contributed by atoms with Crippen LogP contribution in [0.25, 0.3) is 0 Å². The molecule has 6 heteroatoms. The Morgan fingerprint density at radius 2 is 2.00 bits per heavy atom. The predicted molar refractivity (Wildman–Crippen MR) is 108 cm³/mol. The van der Waals surface area contributed by atoms with Crippen LogP contribution in [0, 0.1) is 23.1 Å². The summed E-state index contributed by atoms with van der Waals surface area (Å²) in [5.41, 5.74) is 0.871. The lowest BCUT2D eigenvalue weighted by atomic mass is 10.0. The molecule has 24 heavy (non-hydrogen) atoms. The fraction of sp³-hybridized carbons (Fsp3) is 0.556. The summed E-state index contributed by atoms with van der Waals surface area (Å²) in [7, 11) is 0. The van der Waals surface area contributed by atoms with Crippen molar-refractivity contribution in [3.63, 3.8) is 0 Å². The molecule has 134 valence electrons. The van der Waals surface area contributed by atoms with E-state index in [0.717, 1.165) is 19.4 Å². The van der Waals surface area contributed by atoms with E-state index in [1.54, 1.807) is 6.07 Å². The molecule has 0 aliphatic rings. The molecule has 1 atom stereocenters. The van der Waals surface area contributed by atoms with Gasteiger partial charge >= 0.3 is 0 Å². The van der Waals surface area contributed by atoms with Gasteiger partial charge in [-0.05, 0) is 50.8 Å². The van der Waals surface area contributed by atoms with Crippen molar-refractivity contribution >= 4 is 29.9 Å². The average molecular weight is 446 g/mol. The summed E-state index contributed by atoms with van der Waals surface area (Å²) in [5, 5.41) is 15.4.